The third-order valence-electron chi connectivity index (χ3n) is 1.97. The van der Waals surface area contributed by atoms with Crippen molar-refractivity contribution in [2.45, 2.75) is 6.61 Å². The van der Waals surface area contributed by atoms with Crippen LogP contribution in [0.25, 0.3) is 11.3 Å². The first-order valence-electron chi connectivity index (χ1n) is 4.53. The lowest BCUT2D eigenvalue weighted by Crippen LogP contribution is -2.02. The molecule has 0 radical (unpaired) electrons. The highest BCUT2D eigenvalue weighted by Gasteiger charge is 2.12. The molecular formula is C10H7F3N2O2. The van der Waals surface area contributed by atoms with E-state index in [0.717, 1.165) is 6.07 Å². The SMILES string of the molecule is Nc1cc(-c2ccc(OC(F)F)cc2F)no1. The topological polar surface area (TPSA) is 61.3 Å². The third kappa shape index (κ3) is 2.49. The highest BCUT2D eigenvalue weighted by atomic mass is 19.3. The van der Waals surface area contributed by atoms with E-state index in [2.05, 4.69) is 14.4 Å². The summed E-state index contributed by atoms with van der Waals surface area (Å²) in [7, 11) is 0. The number of hydrogen-bond donors (Lipinski definition) is 1. The molecule has 4 nitrogen and oxygen atoms in total. The molecule has 17 heavy (non-hydrogen) atoms. The number of anilines is 1. The zero-order chi connectivity index (χ0) is 12.4. The Morgan fingerprint density at radius 3 is 2.59 bits per heavy atom. The van der Waals surface area contributed by atoms with Crippen molar-refractivity contribution in [3.63, 3.8) is 0 Å². The summed E-state index contributed by atoms with van der Waals surface area (Å²) in [4.78, 5) is 0. The normalized spacial score (nSPS) is 10.8. The molecule has 2 rings (SSSR count). The summed E-state index contributed by atoms with van der Waals surface area (Å²) in [6, 6.07) is 4.62. The number of nitrogens with two attached hydrogens (primary N) is 1. The molecule has 0 bridgehead atoms. The van der Waals surface area contributed by atoms with Crippen molar-refractivity contribution in [2.24, 2.45) is 0 Å². The van der Waals surface area contributed by atoms with E-state index in [1.54, 1.807) is 0 Å². The molecule has 1 aromatic heterocycles. The maximum atomic E-state index is 13.5. The van der Waals surface area contributed by atoms with Crippen LogP contribution in [0.15, 0.2) is 28.8 Å². The lowest BCUT2D eigenvalue weighted by atomic mass is 10.1. The molecule has 7 heteroatoms. The number of benzene rings is 1. The summed E-state index contributed by atoms with van der Waals surface area (Å²) in [5.74, 6) is -0.985. The van der Waals surface area contributed by atoms with Crippen molar-refractivity contribution in [2.75, 3.05) is 5.73 Å². The van der Waals surface area contributed by atoms with E-state index in [1.807, 2.05) is 0 Å². The van der Waals surface area contributed by atoms with Gasteiger partial charge in [-0.2, -0.15) is 8.78 Å². The van der Waals surface area contributed by atoms with Gasteiger partial charge in [0.1, 0.15) is 17.3 Å². The second-order valence-corrected chi connectivity index (χ2v) is 3.13. The first-order chi connectivity index (χ1) is 8.06. The molecule has 0 aliphatic heterocycles. The fourth-order valence-corrected chi connectivity index (χ4v) is 1.30. The molecule has 0 saturated carbocycles. The number of halogens is 3. The lowest BCUT2D eigenvalue weighted by Gasteiger charge is -2.05. The van der Waals surface area contributed by atoms with Gasteiger partial charge in [0.25, 0.3) is 0 Å². The van der Waals surface area contributed by atoms with Crippen molar-refractivity contribution in [1.82, 2.24) is 5.16 Å². The number of alkyl halides is 2. The Hall–Kier alpha value is -2.18. The van der Waals surface area contributed by atoms with Gasteiger partial charge in [-0.15, -0.1) is 0 Å². The smallest absolute Gasteiger partial charge is 0.387 e. The average Bonchev–Trinajstić information content (AvgIpc) is 2.64. The van der Waals surface area contributed by atoms with Gasteiger partial charge in [0.15, 0.2) is 0 Å². The second-order valence-electron chi connectivity index (χ2n) is 3.13. The van der Waals surface area contributed by atoms with Gasteiger partial charge in [-0.05, 0) is 12.1 Å². The van der Waals surface area contributed by atoms with E-state index in [9.17, 15) is 13.2 Å². The summed E-state index contributed by atoms with van der Waals surface area (Å²) in [5.41, 5.74) is 5.56. The average molecular weight is 244 g/mol. The number of aromatic nitrogens is 1. The Balaban J connectivity index is 2.31. The summed E-state index contributed by atoms with van der Waals surface area (Å²) in [6.07, 6.45) is 0. The Kier molecular flexibility index (Phi) is 2.90. The first kappa shape index (κ1) is 11.3. The third-order valence-corrected chi connectivity index (χ3v) is 1.97. The van der Waals surface area contributed by atoms with Gasteiger partial charge in [0, 0.05) is 17.7 Å². The standard InChI is InChI=1S/C10H7F3N2O2/c11-7-3-5(16-10(12)13)1-2-6(7)8-4-9(14)17-15-8/h1-4,10H,14H2. The molecule has 90 valence electrons. The molecule has 0 atom stereocenters. The minimum atomic E-state index is -3.00. The van der Waals surface area contributed by atoms with Crippen LogP contribution in [-0.4, -0.2) is 11.8 Å². The number of ether oxygens (including phenoxy) is 1. The van der Waals surface area contributed by atoms with E-state index in [4.69, 9.17) is 5.73 Å². The molecule has 2 N–H and O–H groups in total. The van der Waals surface area contributed by atoms with E-state index >= 15 is 0 Å². The highest BCUT2D eigenvalue weighted by molar-refractivity contribution is 5.62. The van der Waals surface area contributed by atoms with E-state index in [0.29, 0.717) is 0 Å². The van der Waals surface area contributed by atoms with Crippen LogP contribution in [0.2, 0.25) is 0 Å². The monoisotopic (exact) mass is 244 g/mol. The van der Waals surface area contributed by atoms with Crippen molar-refractivity contribution in [3.05, 3.63) is 30.1 Å². The summed E-state index contributed by atoms with van der Waals surface area (Å²) >= 11 is 0. The van der Waals surface area contributed by atoms with E-state index < -0.39 is 12.4 Å². The Morgan fingerprint density at radius 2 is 2.06 bits per heavy atom. The highest BCUT2D eigenvalue weighted by Crippen LogP contribution is 2.27. The van der Waals surface area contributed by atoms with Gasteiger partial charge in [0.05, 0.1) is 0 Å². The second kappa shape index (κ2) is 4.36. The molecule has 0 unspecified atom stereocenters. The predicted molar refractivity (Wildman–Crippen MR) is 52.9 cm³/mol. The van der Waals surface area contributed by atoms with Crippen LogP contribution in [0.3, 0.4) is 0 Å². The molecule has 2 aromatic rings. The number of nitrogen functional groups attached to an aromatic ring is 1. The van der Waals surface area contributed by atoms with Gasteiger partial charge in [-0.25, -0.2) is 4.39 Å². The molecule has 0 fully saturated rings. The van der Waals surface area contributed by atoms with Crippen molar-refractivity contribution in [3.8, 4) is 17.0 Å². The van der Waals surface area contributed by atoms with Crippen molar-refractivity contribution in [1.29, 1.82) is 0 Å². The molecule has 1 aromatic carbocycles. The fourth-order valence-electron chi connectivity index (χ4n) is 1.30. The molecule has 0 saturated heterocycles. The molecule has 0 spiro atoms. The maximum Gasteiger partial charge on any atom is 0.387 e. The number of nitrogens with zero attached hydrogens (tertiary/aromatic N) is 1. The fraction of sp³-hybridized carbons (Fsp3) is 0.100. The van der Waals surface area contributed by atoms with Crippen LogP contribution in [0.4, 0.5) is 19.1 Å². The molecule has 0 aliphatic carbocycles. The molecule has 1 heterocycles. The van der Waals surface area contributed by atoms with Crippen LogP contribution >= 0.6 is 0 Å². The Labute approximate surface area is 93.8 Å². The van der Waals surface area contributed by atoms with Crippen molar-refractivity contribution >= 4 is 5.88 Å². The van der Waals surface area contributed by atoms with Gasteiger partial charge in [0.2, 0.25) is 5.88 Å². The quantitative estimate of drug-likeness (QED) is 0.901. The van der Waals surface area contributed by atoms with Crippen molar-refractivity contribution < 1.29 is 22.4 Å². The predicted octanol–water partition coefficient (Wildman–Crippen LogP) is 2.66. The Morgan fingerprint density at radius 1 is 1.29 bits per heavy atom. The van der Waals surface area contributed by atoms with Crippen LogP contribution in [-0.2, 0) is 0 Å². The van der Waals surface area contributed by atoms with Gasteiger partial charge < -0.3 is 15.0 Å². The molecule has 0 aliphatic rings. The van der Waals surface area contributed by atoms with E-state index in [-0.39, 0.29) is 22.9 Å². The zero-order valence-corrected chi connectivity index (χ0v) is 8.36. The van der Waals surface area contributed by atoms with Gasteiger partial charge in [-0.3, -0.25) is 0 Å². The summed E-state index contributed by atoms with van der Waals surface area (Å²) in [6.45, 7) is -3.00. The summed E-state index contributed by atoms with van der Waals surface area (Å²) < 4.78 is 46.0. The minimum absolute atomic E-state index is 0.0345. The minimum Gasteiger partial charge on any atom is -0.435 e. The van der Waals surface area contributed by atoms with Crippen LogP contribution < -0.4 is 10.5 Å². The number of hydrogen-bond acceptors (Lipinski definition) is 4. The van der Waals surface area contributed by atoms with E-state index in [1.165, 1.54) is 18.2 Å². The van der Waals surface area contributed by atoms with Gasteiger partial charge in [-0.1, -0.05) is 5.16 Å². The van der Waals surface area contributed by atoms with Crippen LogP contribution in [0.5, 0.6) is 5.75 Å². The lowest BCUT2D eigenvalue weighted by molar-refractivity contribution is -0.0499. The summed E-state index contributed by atoms with van der Waals surface area (Å²) in [5, 5.41) is 3.51. The molecule has 0 amide bonds. The van der Waals surface area contributed by atoms with Crippen LogP contribution in [0.1, 0.15) is 0 Å². The molecular weight excluding hydrogens is 237 g/mol. The Bertz CT molecular complexity index is 528. The maximum absolute atomic E-state index is 13.5. The first-order valence-corrected chi connectivity index (χ1v) is 4.53. The van der Waals surface area contributed by atoms with Gasteiger partial charge >= 0.3 is 6.61 Å². The zero-order valence-electron chi connectivity index (χ0n) is 8.36. The number of rotatable bonds is 3. The van der Waals surface area contributed by atoms with Crippen LogP contribution in [0, 0.1) is 5.82 Å². The largest absolute Gasteiger partial charge is 0.435 e.